The molecule has 0 N–H and O–H groups in total. The number of pyridine rings is 1. The lowest BCUT2D eigenvalue weighted by molar-refractivity contribution is 0.0476. The number of para-hydroxylation sites is 1. The van der Waals surface area contributed by atoms with E-state index in [9.17, 15) is 9.59 Å². The number of hydrogen-bond donors (Lipinski definition) is 0. The highest BCUT2D eigenvalue weighted by Crippen LogP contribution is 2.31. The van der Waals surface area contributed by atoms with Crippen LogP contribution in [0.25, 0.3) is 43.9 Å². The van der Waals surface area contributed by atoms with Crippen LogP contribution in [0.5, 0.6) is 0 Å². The Labute approximate surface area is 213 Å². The summed E-state index contributed by atoms with van der Waals surface area (Å²) in [5.41, 5.74) is 5.33. The number of aryl methyl sites for hydroxylation is 2. The molecule has 6 aromatic rings. The lowest BCUT2D eigenvalue weighted by atomic mass is 9.99. The standard InChI is InChI=1S/C32H23NO4/c1-19-14-15-24-22(16-30(34)37-31(24)20(19)2)18-36-32(35)27-17-29(33-28-13-6-5-11-26(27)28)25-12-7-9-21-8-3-4-10-23(21)25/h3-17H,18H2,1-2H3. The molecule has 4 aromatic carbocycles. The van der Waals surface area contributed by atoms with Crippen molar-refractivity contribution in [1.82, 2.24) is 4.98 Å². The molecule has 180 valence electrons. The van der Waals surface area contributed by atoms with E-state index in [1.165, 1.54) is 6.07 Å². The molecule has 2 heterocycles. The molecule has 0 aliphatic rings. The van der Waals surface area contributed by atoms with Crippen molar-refractivity contribution in [3.05, 3.63) is 124 Å². The fourth-order valence-electron chi connectivity index (χ4n) is 4.80. The number of ether oxygens (including phenoxy) is 1. The average molecular weight is 486 g/mol. The van der Waals surface area contributed by atoms with Crippen LogP contribution in [0, 0.1) is 13.8 Å². The molecule has 0 unspecified atom stereocenters. The van der Waals surface area contributed by atoms with Crippen LogP contribution in [0.4, 0.5) is 0 Å². The molecule has 6 rings (SSSR count). The van der Waals surface area contributed by atoms with Gasteiger partial charge in [0.1, 0.15) is 12.2 Å². The first-order valence-electron chi connectivity index (χ1n) is 12.1. The van der Waals surface area contributed by atoms with Crippen LogP contribution in [0.3, 0.4) is 0 Å². The predicted octanol–water partition coefficient (Wildman–Crippen LogP) is 7.14. The Morgan fingerprint density at radius 1 is 0.838 bits per heavy atom. The van der Waals surface area contributed by atoms with Crippen LogP contribution in [-0.4, -0.2) is 11.0 Å². The molecular formula is C32H23NO4. The molecule has 0 fully saturated rings. The quantitative estimate of drug-likeness (QED) is 0.196. The van der Waals surface area contributed by atoms with Crippen molar-refractivity contribution < 1.29 is 13.9 Å². The van der Waals surface area contributed by atoms with E-state index < -0.39 is 11.6 Å². The van der Waals surface area contributed by atoms with Gasteiger partial charge in [0.25, 0.3) is 0 Å². The molecule has 0 radical (unpaired) electrons. The Bertz CT molecular complexity index is 1900. The van der Waals surface area contributed by atoms with Gasteiger partial charge in [0.15, 0.2) is 0 Å². The van der Waals surface area contributed by atoms with Crippen LogP contribution < -0.4 is 5.63 Å². The Morgan fingerprint density at radius 3 is 2.46 bits per heavy atom. The number of hydrogen-bond acceptors (Lipinski definition) is 5. The monoisotopic (exact) mass is 485 g/mol. The van der Waals surface area contributed by atoms with E-state index in [2.05, 4.69) is 18.2 Å². The van der Waals surface area contributed by atoms with Gasteiger partial charge in [-0.25, -0.2) is 14.6 Å². The zero-order valence-corrected chi connectivity index (χ0v) is 20.4. The van der Waals surface area contributed by atoms with E-state index >= 15 is 0 Å². The zero-order valence-electron chi connectivity index (χ0n) is 20.4. The molecule has 37 heavy (non-hydrogen) atoms. The minimum Gasteiger partial charge on any atom is -0.457 e. The first-order chi connectivity index (χ1) is 18.0. The second-order valence-corrected chi connectivity index (χ2v) is 9.15. The van der Waals surface area contributed by atoms with E-state index in [0.29, 0.717) is 33.3 Å². The van der Waals surface area contributed by atoms with E-state index in [4.69, 9.17) is 14.1 Å². The molecule has 0 saturated carbocycles. The van der Waals surface area contributed by atoms with Crippen molar-refractivity contribution in [3.63, 3.8) is 0 Å². The summed E-state index contributed by atoms with van der Waals surface area (Å²) >= 11 is 0. The van der Waals surface area contributed by atoms with Crippen LogP contribution in [0.2, 0.25) is 0 Å². The normalized spacial score (nSPS) is 11.3. The van der Waals surface area contributed by atoms with Crippen molar-refractivity contribution in [2.75, 3.05) is 0 Å². The highest BCUT2D eigenvalue weighted by molar-refractivity contribution is 6.06. The molecule has 0 atom stereocenters. The third kappa shape index (κ3) is 4.04. The molecule has 0 aliphatic carbocycles. The molecule has 2 aromatic heterocycles. The van der Waals surface area contributed by atoms with Crippen molar-refractivity contribution >= 4 is 38.6 Å². The van der Waals surface area contributed by atoms with E-state index in [1.807, 2.05) is 74.5 Å². The predicted molar refractivity (Wildman–Crippen MR) is 146 cm³/mol. The number of esters is 1. The molecule has 0 amide bonds. The summed E-state index contributed by atoms with van der Waals surface area (Å²) in [6, 6.07) is 28.7. The first-order valence-corrected chi connectivity index (χ1v) is 12.1. The Morgan fingerprint density at radius 2 is 1.59 bits per heavy atom. The number of aromatic nitrogens is 1. The van der Waals surface area contributed by atoms with Crippen molar-refractivity contribution in [2.24, 2.45) is 0 Å². The first kappa shape index (κ1) is 22.7. The maximum absolute atomic E-state index is 13.5. The van der Waals surface area contributed by atoms with E-state index in [1.54, 1.807) is 6.07 Å². The second kappa shape index (κ2) is 9.03. The van der Waals surface area contributed by atoms with Gasteiger partial charge < -0.3 is 9.15 Å². The second-order valence-electron chi connectivity index (χ2n) is 9.15. The fraction of sp³-hybridized carbons (Fsp3) is 0.0938. The number of carbonyl (C=O) groups is 1. The van der Waals surface area contributed by atoms with Gasteiger partial charge in [0, 0.05) is 28.0 Å². The summed E-state index contributed by atoms with van der Waals surface area (Å²) in [5, 5.41) is 3.62. The van der Waals surface area contributed by atoms with Crippen molar-refractivity contribution in [3.8, 4) is 11.3 Å². The molecule has 5 heteroatoms. The number of rotatable bonds is 4. The van der Waals surface area contributed by atoms with Crippen molar-refractivity contribution in [2.45, 2.75) is 20.5 Å². The highest BCUT2D eigenvalue weighted by atomic mass is 16.5. The van der Waals surface area contributed by atoms with Crippen LogP contribution in [0.15, 0.2) is 100 Å². The van der Waals surface area contributed by atoms with Gasteiger partial charge in [0.05, 0.1) is 16.8 Å². The Kier molecular flexibility index (Phi) is 5.53. The SMILES string of the molecule is Cc1ccc2c(COC(=O)c3cc(-c4cccc5ccccc45)nc4ccccc34)cc(=O)oc2c1C. The molecule has 0 saturated heterocycles. The molecule has 0 bridgehead atoms. The Hall–Kier alpha value is -4.77. The highest BCUT2D eigenvalue weighted by Gasteiger charge is 2.18. The van der Waals surface area contributed by atoms with E-state index in [0.717, 1.165) is 32.8 Å². The summed E-state index contributed by atoms with van der Waals surface area (Å²) in [4.78, 5) is 30.6. The van der Waals surface area contributed by atoms with Gasteiger partial charge >= 0.3 is 11.6 Å². The topological polar surface area (TPSA) is 69.4 Å². The average Bonchev–Trinajstić information content (AvgIpc) is 2.92. The lowest BCUT2D eigenvalue weighted by Gasteiger charge is -2.13. The Balaban J connectivity index is 1.42. The molecule has 0 spiro atoms. The lowest BCUT2D eigenvalue weighted by Crippen LogP contribution is -2.09. The zero-order chi connectivity index (χ0) is 25.5. The summed E-state index contributed by atoms with van der Waals surface area (Å²) in [7, 11) is 0. The van der Waals surface area contributed by atoms with Crippen LogP contribution >= 0.6 is 0 Å². The number of nitrogens with zero attached hydrogens (tertiary/aromatic N) is 1. The largest absolute Gasteiger partial charge is 0.457 e. The van der Waals surface area contributed by atoms with Gasteiger partial charge in [0.2, 0.25) is 0 Å². The number of carbonyl (C=O) groups excluding carboxylic acids is 1. The summed E-state index contributed by atoms with van der Waals surface area (Å²) in [5.74, 6) is -0.481. The third-order valence-corrected chi connectivity index (χ3v) is 6.88. The minimum atomic E-state index is -0.481. The fourth-order valence-corrected chi connectivity index (χ4v) is 4.80. The van der Waals surface area contributed by atoms with Gasteiger partial charge in [-0.2, -0.15) is 0 Å². The molecular weight excluding hydrogens is 462 g/mol. The molecule has 5 nitrogen and oxygen atoms in total. The summed E-state index contributed by atoms with van der Waals surface area (Å²) in [6.07, 6.45) is 0. The van der Waals surface area contributed by atoms with Crippen LogP contribution in [-0.2, 0) is 11.3 Å². The summed E-state index contributed by atoms with van der Waals surface area (Å²) in [6.45, 7) is 3.82. The van der Waals surface area contributed by atoms with Gasteiger partial charge in [-0.1, -0.05) is 72.8 Å². The minimum absolute atomic E-state index is 0.0519. The smallest absolute Gasteiger partial charge is 0.339 e. The van der Waals surface area contributed by atoms with Gasteiger partial charge in [-0.05, 0) is 47.9 Å². The number of fused-ring (bicyclic) bond motifs is 3. The van der Waals surface area contributed by atoms with Crippen LogP contribution in [0.1, 0.15) is 27.0 Å². The molecule has 0 aliphatic heterocycles. The summed E-state index contributed by atoms with van der Waals surface area (Å²) < 4.78 is 11.2. The van der Waals surface area contributed by atoms with E-state index in [-0.39, 0.29) is 6.61 Å². The number of benzene rings is 4. The third-order valence-electron chi connectivity index (χ3n) is 6.88. The maximum atomic E-state index is 13.5. The maximum Gasteiger partial charge on any atom is 0.339 e. The van der Waals surface area contributed by atoms with Crippen molar-refractivity contribution in [1.29, 1.82) is 0 Å². The van der Waals surface area contributed by atoms with Gasteiger partial charge in [-0.15, -0.1) is 0 Å². The van der Waals surface area contributed by atoms with Gasteiger partial charge in [-0.3, -0.25) is 0 Å².